The third kappa shape index (κ3) is 2.10. The van der Waals surface area contributed by atoms with Crippen molar-refractivity contribution in [1.82, 2.24) is 0 Å². The Morgan fingerprint density at radius 3 is 1.67 bits per heavy atom. The number of rotatable bonds is 2. The molecule has 0 aliphatic rings. The zero-order valence-corrected chi connectivity index (χ0v) is 8.39. The molecule has 0 saturated carbocycles. The molecule has 0 saturated heterocycles. The van der Waals surface area contributed by atoms with Gasteiger partial charge < -0.3 is 0 Å². The van der Waals surface area contributed by atoms with E-state index in [1.807, 2.05) is 0 Å². The normalized spacial score (nSPS) is 11.2. The van der Waals surface area contributed by atoms with Gasteiger partial charge in [0.15, 0.2) is 0 Å². The van der Waals surface area contributed by atoms with Crippen molar-refractivity contribution < 1.29 is 0 Å². The van der Waals surface area contributed by atoms with Crippen molar-refractivity contribution in [1.29, 1.82) is 0 Å². The van der Waals surface area contributed by atoms with Crippen molar-refractivity contribution in [3.05, 3.63) is 35.4 Å². The maximum Gasteiger partial charge on any atom is -0.0447 e. The highest BCUT2D eigenvalue weighted by Crippen LogP contribution is 2.19. The Balaban J connectivity index is 2.96. The van der Waals surface area contributed by atoms with Crippen LogP contribution in [0.5, 0.6) is 0 Å². The lowest BCUT2D eigenvalue weighted by Crippen LogP contribution is -1.92. The Bertz CT molecular complexity index is 223. The maximum absolute atomic E-state index is 3.44. The van der Waals surface area contributed by atoms with Crippen LogP contribution in [0.4, 0.5) is 0 Å². The van der Waals surface area contributed by atoms with Gasteiger partial charge in [0, 0.05) is 0 Å². The van der Waals surface area contributed by atoms with Crippen molar-refractivity contribution >= 4 is 0 Å². The van der Waals surface area contributed by atoms with Gasteiger partial charge in [0.05, 0.1) is 0 Å². The van der Waals surface area contributed by atoms with Crippen LogP contribution < -0.4 is 0 Å². The second-order valence-corrected chi connectivity index (χ2v) is 3.87. The van der Waals surface area contributed by atoms with Crippen LogP contribution in [0.2, 0.25) is 0 Å². The summed E-state index contributed by atoms with van der Waals surface area (Å²) in [5.74, 6) is 1.17. The van der Waals surface area contributed by atoms with Gasteiger partial charge in [-0.25, -0.2) is 0 Å². The molecule has 1 aromatic carbocycles. The van der Waals surface area contributed by atoms with Crippen molar-refractivity contribution in [2.75, 3.05) is 0 Å². The summed E-state index contributed by atoms with van der Waals surface area (Å²) < 4.78 is 0. The number of hydrogen-bond donors (Lipinski definition) is 0. The lowest BCUT2D eigenvalue weighted by Gasteiger charge is -2.17. The average Bonchev–Trinajstić information content (AvgIpc) is 2.04. The molecule has 0 aromatic heterocycles. The van der Waals surface area contributed by atoms with Gasteiger partial charge in [0.1, 0.15) is 0 Å². The standard InChI is InChI=1S/C12H17/c1-9(2)11-6-5-7-12(8-11)10(3)4/h5-7,9-10H,1-4H3/q-1. The quantitative estimate of drug-likeness (QED) is 0.580. The molecule has 12 heavy (non-hydrogen) atoms. The second-order valence-electron chi connectivity index (χ2n) is 3.87. The molecule has 0 radical (unpaired) electrons. The minimum absolute atomic E-state index is 0.587. The summed E-state index contributed by atoms with van der Waals surface area (Å²) in [4.78, 5) is 0. The molecule has 0 amide bonds. The van der Waals surface area contributed by atoms with E-state index in [2.05, 4.69) is 52.0 Å². The Morgan fingerprint density at radius 2 is 1.33 bits per heavy atom. The fraction of sp³-hybridized carbons (Fsp3) is 0.500. The largest absolute Gasteiger partial charge is 0.176 e. The van der Waals surface area contributed by atoms with E-state index in [0.717, 1.165) is 0 Å². The van der Waals surface area contributed by atoms with E-state index in [4.69, 9.17) is 0 Å². The van der Waals surface area contributed by atoms with Crippen LogP contribution in [0.15, 0.2) is 18.2 Å². The lowest BCUT2D eigenvalue weighted by molar-refractivity contribution is 0.830. The summed E-state index contributed by atoms with van der Waals surface area (Å²) in [5, 5.41) is 0. The molecule has 0 unspecified atom stereocenters. The zero-order chi connectivity index (χ0) is 9.14. The highest BCUT2D eigenvalue weighted by molar-refractivity contribution is 5.25. The highest BCUT2D eigenvalue weighted by Gasteiger charge is 1.95. The third-order valence-electron chi connectivity index (χ3n) is 2.08. The van der Waals surface area contributed by atoms with E-state index in [1.165, 1.54) is 11.1 Å². The SMILES string of the molecule is CC(C)c1[c-]c(C(C)C)ccc1. The minimum Gasteiger partial charge on any atom is -0.176 e. The first-order valence-electron chi connectivity index (χ1n) is 4.63. The highest BCUT2D eigenvalue weighted by atomic mass is 14.1. The molecular formula is C12H17-. The van der Waals surface area contributed by atoms with Gasteiger partial charge in [0.2, 0.25) is 0 Å². The summed E-state index contributed by atoms with van der Waals surface area (Å²) >= 11 is 0. The summed E-state index contributed by atoms with van der Waals surface area (Å²) in [5.41, 5.74) is 2.64. The topological polar surface area (TPSA) is 0 Å². The van der Waals surface area contributed by atoms with Gasteiger partial charge in [-0.3, -0.25) is 0 Å². The second kappa shape index (κ2) is 3.75. The fourth-order valence-electron chi connectivity index (χ4n) is 1.18. The van der Waals surface area contributed by atoms with Crippen LogP contribution in [0.25, 0.3) is 0 Å². The molecule has 0 aliphatic heterocycles. The Labute approximate surface area is 75.6 Å². The smallest absolute Gasteiger partial charge is 0.0447 e. The monoisotopic (exact) mass is 161 g/mol. The Hall–Kier alpha value is -0.780. The molecule has 0 heteroatoms. The lowest BCUT2D eigenvalue weighted by atomic mass is 9.96. The summed E-state index contributed by atoms with van der Waals surface area (Å²) in [6.07, 6.45) is 0. The van der Waals surface area contributed by atoms with Gasteiger partial charge >= 0.3 is 0 Å². The van der Waals surface area contributed by atoms with Crippen LogP contribution >= 0.6 is 0 Å². The third-order valence-corrected chi connectivity index (χ3v) is 2.08. The van der Waals surface area contributed by atoms with Gasteiger partial charge in [-0.15, -0.1) is 0 Å². The molecule has 0 atom stereocenters. The van der Waals surface area contributed by atoms with Gasteiger partial charge in [-0.2, -0.15) is 35.4 Å². The van der Waals surface area contributed by atoms with Crippen LogP contribution in [0.3, 0.4) is 0 Å². The van der Waals surface area contributed by atoms with E-state index in [1.54, 1.807) is 0 Å². The number of benzene rings is 1. The first-order chi connectivity index (χ1) is 5.61. The predicted octanol–water partition coefficient (Wildman–Crippen LogP) is 3.73. The Kier molecular flexibility index (Phi) is 2.91. The molecule has 0 aliphatic carbocycles. The van der Waals surface area contributed by atoms with Crippen molar-refractivity contribution in [2.24, 2.45) is 0 Å². The minimum atomic E-state index is 0.587. The molecule has 1 aromatic rings. The van der Waals surface area contributed by atoms with Crippen molar-refractivity contribution in [2.45, 2.75) is 39.5 Å². The first-order valence-corrected chi connectivity index (χ1v) is 4.63. The van der Waals surface area contributed by atoms with E-state index >= 15 is 0 Å². The van der Waals surface area contributed by atoms with Crippen LogP contribution in [0, 0.1) is 6.07 Å². The summed E-state index contributed by atoms with van der Waals surface area (Å²) in [6.45, 7) is 8.82. The summed E-state index contributed by atoms with van der Waals surface area (Å²) in [7, 11) is 0. The van der Waals surface area contributed by atoms with E-state index in [9.17, 15) is 0 Å². The molecule has 66 valence electrons. The molecule has 0 spiro atoms. The molecule has 0 N–H and O–H groups in total. The fourth-order valence-corrected chi connectivity index (χ4v) is 1.18. The zero-order valence-electron chi connectivity index (χ0n) is 8.39. The predicted molar refractivity (Wildman–Crippen MR) is 53.5 cm³/mol. The van der Waals surface area contributed by atoms with E-state index in [0.29, 0.717) is 11.8 Å². The molecule has 0 heterocycles. The molecule has 0 fully saturated rings. The van der Waals surface area contributed by atoms with Crippen LogP contribution in [-0.4, -0.2) is 0 Å². The molecule has 1 rings (SSSR count). The van der Waals surface area contributed by atoms with Crippen molar-refractivity contribution in [3.63, 3.8) is 0 Å². The van der Waals surface area contributed by atoms with E-state index in [-0.39, 0.29) is 0 Å². The first kappa shape index (κ1) is 9.31. The summed E-state index contributed by atoms with van der Waals surface area (Å²) in [6, 6.07) is 9.87. The van der Waals surface area contributed by atoms with Crippen LogP contribution in [-0.2, 0) is 0 Å². The van der Waals surface area contributed by atoms with Crippen molar-refractivity contribution in [3.8, 4) is 0 Å². The van der Waals surface area contributed by atoms with Gasteiger partial charge in [0.25, 0.3) is 0 Å². The van der Waals surface area contributed by atoms with Gasteiger partial charge in [-0.05, 0) is 11.8 Å². The Morgan fingerprint density at radius 1 is 0.917 bits per heavy atom. The van der Waals surface area contributed by atoms with E-state index < -0.39 is 0 Å². The van der Waals surface area contributed by atoms with Gasteiger partial charge in [-0.1, -0.05) is 27.7 Å². The molecule has 0 bridgehead atoms. The van der Waals surface area contributed by atoms with Crippen LogP contribution in [0.1, 0.15) is 50.7 Å². The molecule has 0 nitrogen and oxygen atoms in total. The average molecular weight is 161 g/mol. The number of hydrogen-bond acceptors (Lipinski definition) is 0. The maximum atomic E-state index is 3.44. The molecular weight excluding hydrogens is 144 g/mol.